The fourth-order valence-corrected chi connectivity index (χ4v) is 2.90. The third-order valence-corrected chi connectivity index (χ3v) is 4.11. The molecule has 23 heavy (non-hydrogen) atoms. The van der Waals surface area contributed by atoms with Crippen molar-refractivity contribution in [3.05, 3.63) is 58.0 Å². The summed E-state index contributed by atoms with van der Waals surface area (Å²) in [5, 5.41) is 0. The number of likely N-dealkylation sites (tertiary alicyclic amines) is 1. The number of carbonyl (C=O) groups is 1. The number of pyridine rings is 1. The minimum atomic E-state index is -0.186. The molecule has 0 bridgehead atoms. The number of nitrogens with one attached hydrogen (secondary N) is 1. The van der Waals surface area contributed by atoms with E-state index in [0.717, 1.165) is 18.5 Å². The van der Waals surface area contributed by atoms with Gasteiger partial charge in [-0.2, -0.15) is 0 Å². The zero-order valence-electron chi connectivity index (χ0n) is 13.3. The van der Waals surface area contributed by atoms with Crippen molar-refractivity contribution in [1.29, 1.82) is 0 Å². The summed E-state index contributed by atoms with van der Waals surface area (Å²) < 4.78 is 0. The minimum absolute atomic E-state index is 0.0711. The van der Waals surface area contributed by atoms with Crippen molar-refractivity contribution in [2.75, 3.05) is 6.54 Å². The number of aromatic nitrogens is 3. The van der Waals surface area contributed by atoms with Crippen LogP contribution in [0.5, 0.6) is 0 Å². The molecule has 2 aromatic heterocycles. The number of carbonyl (C=O) groups excluding carboxylic acids is 1. The van der Waals surface area contributed by atoms with Crippen LogP contribution in [0, 0.1) is 0 Å². The van der Waals surface area contributed by atoms with Gasteiger partial charge in [0.25, 0.3) is 11.5 Å². The first-order chi connectivity index (χ1) is 11.1. The number of H-pyrrole nitrogens is 1. The lowest BCUT2D eigenvalue weighted by atomic mass is 10.1. The molecule has 1 aliphatic heterocycles. The maximum atomic E-state index is 12.7. The Labute approximate surface area is 134 Å². The molecule has 1 aliphatic rings. The van der Waals surface area contributed by atoms with Gasteiger partial charge >= 0.3 is 0 Å². The average Bonchev–Trinajstić information content (AvgIpc) is 3.04. The first-order valence-corrected chi connectivity index (χ1v) is 7.88. The SMILES string of the molecule is CC(C)c1cc(=O)[nH]c([C@@H]2CCCN2C(=O)c2cccnc2)n1. The molecule has 6 heteroatoms. The van der Waals surface area contributed by atoms with Gasteiger partial charge in [-0.1, -0.05) is 13.8 Å². The van der Waals surface area contributed by atoms with Crippen molar-refractivity contribution < 1.29 is 4.79 Å². The van der Waals surface area contributed by atoms with Crippen LogP contribution < -0.4 is 5.56 Å². The van der Waals surface area contributed by atoms with E-state index in [2.05, 4.69) is 15.0 Å². The fourth-order valence-electron chi connectivity index (χ4n) is 2.90. The highest BCUT2D eigenvalue weighted by Gasteiger charge is 2.32. The predicted molar refractivity (Wildman–Crippen MR) is 86.2 cm³/mol. The van der Waals surface area contributed by atoms with Crippen molar-refractivity contribution >= 4 is 5.91 Å². The van der Waals surface area contributed by atoms with Crippen LogP contribution in [0.1, 0.15) is 60.5 Å². The Morgan fingerprint density at radius 2 is 2.26 bits per heavy atom. The number of hydrogen-bond donors (Lipinski definition) is 1. The number of rotatable bonds is 3. The third kappa shape index (κ3) is 3.16. The highest BCUT2D eigenvalue weighted by molar-refractivity contribution is 5.94. The van der Waals surface area contributed by atoms with E-state index in [4.69, 9.17) is 0 Å². The Hall–Kier alpha value is -2.50. The van der Waals surface area contributed by atoms with Gasteiger partial charge in [-0.25, -0.2) is 4.98 Å². The van der Waals surface area contributed by atoms with Crippen LogP contribution in [0.3, 0.4) is 0 Å². The summed E-state index contributed by atoms with van der Waals surface area (Å²) >= 11 is 0. The van der Waals surface area contributed by atoms with Crippen LogP contribution in [0.25, 0.3) is 0 Å². The zero-order chi connectivity index (χ0) is 16.4. The predicted octanol–water partition coefficient (Wildman–Crippen LogP) is 2.27. The number of hydrogen-bond acceptors (Lipinski definition) is 4. The van der Waals surface area contributed by atoms with Crippen LogP contribution in [-0.2, 0) is 0 Å². The highest BCUT2D eigenvalue weighted by Crippen LogP contribution is 2.31. The van der Waals surface area contributed by atoms with Gasteiger partial charge in [0, 0.05) is 25.0 Å². The van der Waals surface area contributed by atoms with E-state index in [1.165, 1.54) is 6.07 Å². The van der Waals surface area contributed by atoms with Crippen molar-refractivity contribution in [3.8, 4) is 0 Å². The second-order valence-corrected chi connectivity index (χ2v) is 6.11. The van der Waals surface area contributed by atoms with Crippen LogP contribution in [0.2, 0.25) is 0 Å². The number of aromatic amines is 1. The van der Waals surface area contributed by atoms with Crippen LogP contribution in [0.15, 0.2) is 35.4 Å². The normalized spacial score (nSPS) is 17.7. The quantitative estimate of drug-likeness (QED) is 0.943. The first-order valence-electron chi connectivity index (χ1n) is 7.88. The lowest BCUT2D eigenvalue weighted by Crippen LogP contribution is -2.32. The lowest BCUT2D eigenvalue weighted by Gasteiger charge is -2.24. The van der Waals surface area contributed by atoms with Crippen LogP contribution in [0.4, 0.5) is 0 Å². The molecule has 0 aliphatic carbocycles. The zero-order valence-corrected chi connectivity index (χ0v) is 13.3. The maximum absolute atomic E-state index is 12.7. The van der Waals surface area contributed by atoms with E-state index in [0.29, 0.717) is 17.9 Å². The second-order valence-electron chi connectivity index (χ2n) is 6.11. The molecule has 1 amide bonds. The van der Waals surface area contributed by atoms with Gasteiger partial charge in [0.2, 0.25) is 0 Å². The monoisotopic (exact) mass is 312 g/mol. The molecule has 1 saturated heterocycles. The van der Waals surface area contributed by atoms with Crippen molar-refractivity contribution in [2.45, 2.75) is 38.6 Å². The van der Waals surface area contributed by atoms with Gasteiger partial charge in [-0.05, 0) is 30.9 Å². The molecule has 1 atom stereocenters. The van der Waals surface area contributed by atoms with Crippen molar-refractivity contribution in [3.63, 3.8) is 0 Å². The van der Waals surface area contributed by atoms with Crippen LogP contribution in [-0.4, -0.2) is 32.3 Å². The molecule has 0 saturated carbocycles. The summed E-state index contributed by atoms with van der Waals surface area (Å²) in [4.78, 5) is 37.8. The third-order valence-electron chi connectivity index (χ3n) is 4.11. The molecule has 0 unspecified atom stereocenters. The molecule has 1 N–H and O–H groups in total. The molecule has 120 valence electrons. The molecule has 0 spiro atoms. The summed E-state index contributed by atoms with van der Waals surface area (Å²) in [6, 6.07) is 4.84. The fraction of sp³-hybridized carbons (Fsp3) is 0.412. The van der Waals surface area contributed by atoms with E-state index in [9.17, 15) is 9.59 Å². The standard InChI is InChI=1S/C17H20N4O2/c1-11(2)13-9-15(22)20-16(19-13)14-6-4-8-21(14)17(23)12-5-3-7-18-10-12/h3,5,7,9-11,14H,4,6,8H2,1-2H3,(H,19,20,22)/t14-/m0/s1. The van der Waals surface area contributed by atoms with Gasteiger partial charge in [0.1, 0.15) is 5.82 Å². The topological polar surface area (TPSA) is 79.0 Å². The molecule has 6 nitrogen and oxygen atoms in total. The largest absolute Gasteiger partial charge is 0.328 e. The van der Waals surface area contributed by atoms with Gasteiger partial charge in [-0.15, -0.1) is 0 Å². The van der Waals surface area contributed by atoms with E-state index in [-0.39, 0.29) is 23.4 Å². The van der Waals surface area contributed by atoms with Gasteiger partial charge < -0.3 is 9.88 Å². The van der Waals surface area contributed by atoms with Gasteiger partial charge in [-0.3, -0.25) is 14.6 Å². The minimum Gasteiger partial charge on any atom is -0.328 e. The van der Waals surface area contributed by atoms with Crippen molar-refractivity contribution in [2.24, 2.45) is 0 Å². The Kier molecular flexibility index (Phi) is 4.23. The maximum Gasteiger partial charge on any atom is 0.256 e. The lowest BCUT2D eigenvalue weighted by molar-refractivity contribution is 0.0729. The molecule has 0 aromatic carbocycles. The second kappa shape index (κ2) is 6.32. The Bertz CT molecular complexity index is 755. The smallest absolute Gasteiger partial charge is 0.256 e. The molecular formula is C17H20N4O2. The van der Waals surface area contributed by atoms with E-state index >= 15 is 0 Å². The van der Waals surface area contributed by atoms with Crippen molar-refractivity contribution in [1.82, 2.24) is 19.9 Å². The molecule has 3 heterocycles. The highest BCUT2D eigenvalue weighted by atomic mass is 16.2. The summed E-state index contributed by atoms with van der Waals surface area (Å²) in [5.74, 6) is 0.675. The summed E-state index contributed by atoms with van der Waals surface area (Å²) in [6.07, 6.45) is 4.91. The van der Waals surface area contributed by atoms with Crippen LogP contribution >= 0.6 is 0 Å². The Morgan fingerprint density at radius 3 is 2.96 bits per heavy atom. The van der Waals surface area contributed by atoms with E-state index in [1.54, 1.807) is 29.4 Å². The summed E-state index contributed by atoms with van der Waals surface area (Å²) in [5.41, 5.74) is 1.14. The Morgan fingerprint density at radius 1 is 1.43 bits per heavy atom. The number of amides is 1. The van der Waals surface area contributed by atoms with Gasteiger partial charge in [0.05, 0.1) is 17.3 Å². The number of nitrogens with zero attached hydrogens (tertiary/aromatic N) is 3. The van der Waals surface area contributed by atoms with E-state index in [1.807, 2.05) is 13.8 Å². The molecule has 2 aromatic rings. The molecule has 3 rings (SSSR count). The molecule has 0 radical (unpaired) electrons. The molecule has 1 fully saturated rings. The molecular weight excluding hydrogens is 292 g/mol. The summed E-state index contributed by atoms with van der Waals surface area (Å²) in [6.45, 7) is 4.66. The summed E-state index contributed by atoms with van der Waals surface area (Å²) in [7, 11) is 0. The average molecular weight is 312 g/mol. The van der Waals surface area contributed by atoms with Gasteiger partial charge in [0.15, 0.2) is 0 Å². The Balaban J connectivity index is 1.93. The first kappa shape index (κ1) is 15.4. The van der Waals surface area contributed by atoms with E-state index < -0.39 is 0 Å².